The average molecular weight is 822 g/mol. The molecule has 0 saturated carbocycles. The quantitative estimate of drug-likeness (QED) is 0.159. The van der Waals surface area contributed by atoms with Gasteiger partial charge in [-0.2, -0.15) is 0 Å². The fraction of sp³-hybridized carbons (Fsp3) is 0.0517. The van der Waals surface area contributed by atoms with E-state index in [4.69, 9.17) is 29.3 Å². The molecule has 1 aliphatic rings. The van der Waals surface area contributed by atoms with Gasteiger partial charge in [0.25, 0.3) is 0 Å². The highest BCUT2D eigenvalue weighted by Crippen LogP contribution is 2.51. The zero-order valence-electron chi connectivity index (χ0n) is 35.2. The van der Waals surface area contributed by atoms with Crippen LogP contribution in [0.25, 0.3) is 112 Å². The van der Waals surface area contributed by atoms with Crippen LogP contribution in [0, 0.1) is 0 Å². The van der Waals surface area contributed by atoms with E-state index in [9.17, 15) is 0 Å². The summed E-state index contributed by atoms with van der Waals surface area (Å²) in [5, 5.41) is 1.98. The van der Waals surface area contributed by atoms with Crippen molar-refractivity contribution in [1.29, 1.82) is 0 Å². The summed E-state index contributed by atoms with van der Waals surface area (Å²) < 4.78 is 6.52. The second-order valence-electron chi connectivity index (χ2n) is 16.9. The third kappa shape index (κ3) is 6.38. The summed E-state index contributed by atoms with van der Waals surface area (Å²) in [5.74, 6) is 2.54. The minimum atomic E-state index is -0.277. The van der Waals surface area contributed by atoms with Crippen molar-refractivity contribution in [1.82, 2.24) is 24.9 Å². The Morgan fingerprint density at radius 1 is 0.328 bits per heavy atom. The first-order chi connectivity index (χ1) is 31.4. The van der Waals surface area contributed by atoms with Gasteiger partial charge in [0.15, 0.2) is 23.3 Å². The lowest BCUT2D eigenvalue weighted by Gasteiger charge is -2.22. The summed E-state index contributed by atoms with van der Waals surface area (Å²) in [6.45, 7) is 4.64. The highest BCUT2D eigenvalue weighted by molar-refractivity contribution is 6.13. The van der Waals surface area contributed by atoms with E-state index in [0.717, 1.165) is 77.8 Å². The smallest absolute Gasteiger partial charge is 0.164 e. The van der Waals surface area contributed by atoms with Gasteiger partial charge in [-0.05, 0) is 69.8 Å². The van der Waals surface area contributed by atoms with Gasteiger partial charge in [0.1, 0.15) is 11.2 Å². The Morgan fingerprint density at radius 3 is 1.38 bits per heavy atom. The molecule has 6 heteroatoms. The van der Waals surface area contributed by atoms with Crippen LogP contribution in [0.4, 0.5) is 0 Å². The van der Waals surface area contributed by atoms with Crippen LogP contribution >= 0.6 is 0 Å². The van der Waals surface area contributed by atoms with Crippen LogP contribution < -0.4 is 0 Å². The number of hydrogen-bond donors (Lipinski definition) is 0. The van der Waals surface area contributed by atoms with Gasteiger partial charge >= 0.3 is 0 Å². The molecule has 3 aromatic heterocycles. The minimum Gasteiger partial charge on any atom is -0.456 e. The van der Waals surface area contributed by atoms with Gasteiger partial charge in [0, 0.05) is 49.6 Å². The summed E-state index contributed by atoms with van der Waals surface area (Å²) in [4.78, 5) is 25.4. The molecule has 302 valence electrons. The standard InChI is InChI=1S/C58H39N5O/c1-58(2)47-33-41(26-29-43(47)44-30-27-42(34-48(44)58)56-59-49(36-16-7-3-8-17-36)35-50(60-56)37-18-9-4-10-19-37)40-28-31-51-46(32-40)53-45(24-15-25-52(53)64-51)57-62-54(38-20-11-5-12-21-38)61-55(63-57)39-22-13-6-14-23-39/h3-35H,1-2H3. The van der Waals surface area contributed by atoms with E-state index in [-0.39, 0.29) is 5.41 Å². The highest BCUT2D eigenvalue weighted by atomic mass is 16.3. The monoisotopic (exact) mass is 821 g/mol. The minimum absolute atomic E-state index is 0.277. The molecule has 0 atom stereocenters. The Morgan fingerprint density at radius 2 is 0.797 bits per heavy atom. The molecule has 3 heterocycles. The van der Waals surface area contributed by atoms with Crippen molar-refractivity contribution in [3.63, 3.8) is 0 Å². The number of hydrogen-bond acceptors (Lipinski definition) is 6. The molecule has 0 N–H and O–H groups in total. The summed E-state index contributed by atoms with van der Waals surface area (Å²) >= 11 is 0. The SMILES string of the molecule is CC1(C)c2cc(-c3ccc4oc5cccc(-c6nc(-c7ccccc7)nc(-c7ccccc7)n6)c5c4c3)ccc2-c2ccc(-c3nc(-c4ccccc4)cc(-c4ccccc4)n3)cc21. The van der Waals surface area contributed by atoms with Gasteiger partial charge in [-0.15, -0.1) is 0 Å². The largest absolute Gasteiger partial charge is 0.456 e. The Bertz CT molecular complexity index is 3450. The van der Waals surface area contributed by atoms with Crippen LogP contribution in [0.1, 0.15) is 25.0 Å². The molecular formula is C58H39N5O. The summed E-state index contributed by atoms with van der Waals surface area (Å²) in [5.41, 5.74) is 16.2. The van der Waals surface area contributed by atoms with Crippen LogP contribution in [-0.2, 0) is 5.41 Å². The Kier molecular flexibility index (Phi) is 8.73. The van der Waals surface area contributed by atoms with Gasteiger partial charge in [-0.3, -0.25) is 0 Å². The van der Waals surface area contributed by atoms with Crippen LogP contribution in [0.15, 0.2) is 205 Å². The molecule has 0 saturated heterocycles. The number of furan rings is 1. The van der Waals surface area contributed by atoms with Crippen LogP contribution in [0.2, 0.25) is 0 Å². The number of nitrogens with zero attached hydrogens (tertiary/aromatic N) is 5. The normalized spacial score (nSPS) is 12.7. The molecule has 6 nitrogen and oxygen atoms in total. The predicted octanol–water partition coefficient (Wildman–Crippen LogP) is 14.5. The first-order valence-electron chi connectivity index (χ1n) is 21.6. The maximum absolute atomic E-state index is 6.52. The van der Waals surface area contributed by atoms with Crippen molar-refractivity contribution >= 4 is 21.9 Å². The van der Waals surface area contributed by atoms with Gasteiger partial charge in [-0.1, -0.05) is 178 Å². The van der Waals surface area contributed by atoms with Crippen molar-refractivity contribution in [2.75, 3.05) is 0 Å². The molecule has 0 fully saturated rings. The number of aromatic nitrogens is 5. The lowest BCUT2D eigenvalue weighted by molar-refractivity contribution is 0.660. The second-order valence-corrected chi connectivity index (χ2v) is 16.9. The molecule has 0 aliphatic heterocycles. The summed E-state index contributed by atoms with van der Waals surface area (Å²) in [6, 6.07) is 69.1. The van der Waals surface area contributed by atoms with Crippen LogP contribution in [0.5, 0.6) is 0 Å². The van der Waals surface area contributed by atoms with E-state index in [2.05, 4.69) is 129 Å². The van der Waals surface area contributed by atoms with Gasteiger partial charge < -0.3 is 4.42 Å². The Labute approximate surface area is 370 Å². The molecule has 0 amide bonds. The van der Waals surface area contributed by atoms with E-state index in [0.29, 0.717) is 23.3 Å². The van der Waals surface area contributed by atoms with Crippen molar-refractivity contribution in [3.05, 3.63) is 211 Å². The molecule has 0 bridgehead atoms. The van der Waals surface area contributed by atoms with E-state index >= 15 is 0 Å². The fourth-order valence-electron chi connectivity index (χ4n) is 9.27. The molecule has 11 aromatic rings. The average Bonchev–Trinajstić information content (AvgIpc) is 3.85. The fourth-order valence-corrected chi connectivity index (χ4v) is 9.27. The number of fused-ring (bicyclic) bond motifs is 6. The Balaban J connectivity index is 0.940. The lowest BCUT2D eigenvalue weighted by atomic mass is 9.81. The third-order valence-corrected chi connectivity index (χ3v) is 12.6. The second kappa shape index (κ2) is 14.9. The van der Waals surface area contributed by atoms with Crippen molar-refractivity contribution in [2.45, 2.75) is 19.3 Å². The summed E-state index contributed by atoms with van der Waals surface area (Å²) in [7, 11) is 0. The van der Waals surface area contributed by atoms with E-state index in [1.54, 1.807) is 0 Å². The van der Waals surface area contributed by atoms with Crippen molar-refractivity contribution in [2.24, 2.45) is 0 Å². The topological polar surface area (TPSA) is 77.6 Å². The van der Waals surface area contributed by atoms with Gasteiger partial charge in [0.2, 0.25) is 0 Å². The lowest BCUT2D eigenvalue weighted by Crippen LogP contribution is -2.15. The van der Waals surface area contributed by atoms with Crippen molar-refractivity contribution in [3.8, 4) is 90.3 Å². The zero-order chi connectivity index (χ0) is 42.8. The summed E-state index contributed by atoms with van der Waals surface area (Å²) in [6.07, 6.45) is 0. The molecule has 1 aliphatic carbocycles. The van der Waals surface area contributed by atoms with Gasteiger partial charge in [-0.25, -0.2) is 24.9 Å². The maximum atomic E-state index is 6.52. The molecule has 12 rings (SSSR count). The van der Waals surface area contributed by atoms with E-state index in [1.807, 2.05) is 84.9 Å². The maximum Gasteiger partial charge on any atom is 0.164 e. The van der Waals surface area contributed by atoms with E-state index < -0.39 is 0 Å². The molecule has 64 heavy (non-hydrogen) atoms. The molecule has 0 unspecified atom stereocenters. The van der Waals surface area contributed by atoms with E-state index in [1.165, 1.54) is 22.3 Å². The van der Waals surface area contributed by atoms with Crippen LogP contribution in [-0.4, -0.2) is 24.9 Å². The molecule has 0 radical (unpaired) electrons. The predicted molar refractivity (Wildman–Crippen MR) is 258 cm³/mol. The third-order valence-electron chi connectivity index (χ3n) is 12.6. The molecule has 0 spiro atoms. The van der Waals surface area contributed by atoms with Crippen LogP contribution in [0.3, 0.4) is 0 Å². The molecule has 8 aromatic carbocycles. The van der Waals surface area contributed by atoms with Gasteiger partial charge in [0.05, 0.1) is 11.4 Å². The Hall–Kier alpha value is -8.35. The zero-order valence-corrected chi connectivity index (χ0v) is 35.2. The first-order valence-corrected chi connectivity index (χ1v) is 21.6. The number of rotatable bonds is 7. The number of benzene rings is 8. The highest BCUT2D eigenvalue weighted by Gasteiger charge is 2.36. The molecular weight excluding hydrogens is 783 g/mol. The van der Waals surface area contributed by atoms with Crippen molar-refractivity contribution < 1.29 is 4.42 Å². The first kappa shape index (κ1) is 37.4.